The topological polar surface area (TPSA) is 122 Å². The molecule has 0 aromatic heterocycles. The highest BCUT2D eigenvalue weighted by molar-refractivity contribution is 7.88. The number of rotatable bonds is 6. The Hall–Kier alpha value is -1.80. The molecule has 0 aliphatic heterocycles. The highest BCUT2D eigenvalue weighted by atomic mass is 32.2. The first-order valence-corrected chi connectivity index (χ1v) is 7.00. The maximum absolute atomic E-state index is 11.0. The smallest absolute Gasteiger partial charge is 0.337 e. The number of carboxylic acid groups (broad SMARTS) is 1. The molecule has 0 spiro atoms. The van der Waals surface area contributed by atoms with Gasteiger partial charge < -0.3 is 16.2 Å². The Kier molecular flexibility index (Phi) is 4.51. The van der Waals surface area contributed by atoms with E-state index in [-0.39, 0.29) is 18.7 Å². The Labute approximate surface area is 105 Å². The minimum Gasteiger partial charge on any atom is -0.478 e. The third-order valence-electron chi connectivity index (χ3n) is 2.08. The molecule has 0 saturated carbocycles. The standard InChI is InChI=1S/C10H15N3O4S/c1-18(16,17)13-5-4-12-9-3-2-7(11)6-8(9)10(14)15/h2-3,6,12-13H,4-5,11H2,1H3,(H,14,15). The van der Waals surface area contributed by atoms with Crippen LogP contribution < -0.4 is 15.8 Å². The Morgan fingerprint density at radius 2 is 2.06 bits per heavy atom. The minimum absolute atomic E-state index is 0.0503. The van der Waals surface area contributed by atoms with E-state index in [0.717, 1.165) is 6.26 Å². The van der Waals surface area contributed by atoms with E-state index in [1.165, 1.54) is 6.07 Å². The van der Waals surface area contributed by atoms with Crippen molar-refractivity contribution >= 4 is 27.4 Å². The largest absolute Gasteiger partial charge is 0.478 e. The van der Waals surface area contributed by atoms with Crippen LogP contribution in [0.3, 0.4) is 0 Å². The zero-order valence-corrected chi connectivity index (χ0v) is 10.6. The fraction of sp³-hybridized carbons (Fsp3) is 0.300. The molecular formula is C10H15N3O4S. The van der Waals surface area contributed by atoms with E-state index in [4.69, 9.17) is 10.8 Å². The van der Waals surface area contributed by atoms with Gasteiger partial charge in [-0.15, -0.1) is 0 Å². The fourth-order valence-electron chi connectivity index (χ4n) is 1.33. The van der Waals surface area contributed by atoms with Crippen LogP contribution in [-0.2, 0) is 10.0 Å². The SMILES string of the molecule is CS(=O)(=O)NCCNc1ccc(N)cc1C(=O)O. The van der Waals surface area contributed by atoms with Gasteiger partial charge in [0.15, 0.2) is 0 Å². The second-order valence-corrected chi connectivity index (χ2v) is 5.54. The van der Waals surface area contributed by atoms with Gasteiger partial charge in [0.1, 0.15) is 0 Å². The van der Waals surface area contributed by atoms with Gasteiger partial charge in [-0.3, -0.25) is 0 Å². The van der Waals surface area contributed by atoms with Crippen LogP contribution in [0.15, 0.2) is 18.2 Å². The molecule has 0 atom stereocenters. The zero-order chi connectivity index (χ0) is 13.8. The molecule has 0 amide bonds. The molecule has 0 heterocycles. The number of aromatic carboxylic acids is 1. The molecule has 5 N–H and O–H groups in total. The predicted octanol–water partition coefficient (Wildman–Crippen LogP) is -0.0719. The Bertz CT molecular complexity index is 542. The van der Waals surface area contributed by atoms with Gasteiger partial charge in [0.05, 0.1) is 11.8 Å². The molecule has 1 aromatic carbocycles. The summed E-state index contributed by atoms with van der Waals surface area (Å²) in [7, 11) is -3.24. The molecule has 1 aromatic rings. The summed E-state index contributed by atoms with van der Waals surface area (Å²) in [5.41, 5.74) is 6.29. The molecule has 0 bridgehead atoms. The Morgan fingerprint density at radius 3 is 2.61 bits per heavy atom. The van der Waals surface area contributed by atoms with E-state index >= 15 is 0 Å². The molecule has 7 nitrogen and oxygen atoms in total. The lowest BCUT2D eigenvalue weighted by Crippen LogP contribution is -2.27. The summed E-state index contributed by atoms with van der Waals surface area (Å²) in [4.78, 5) is 11.0. The van der Waals surface area contributed by atoms with E-state index in [2.05, 4.69) is 10.0 Å². The summed E-state index contributed by atoms with van der Waals surface area (Å²) in [5.74, 6) is -1.10. The van der Waals surface area contributed by atoms with Crippen LogP contribution >= 0.6 is 0 Å². The number of nitrogens with two attached hydrogens (primary N) is 1. The lowest BCUT2D eigenvalue weighted by atomic mass is 10.1. The summed E-state index contributed by atoms with van der Waals surface area (Å²) in [6, 6.07) is 4.45. The number of carboxylic acids is 1. The molecule has 0 aliphatic rings. The van der Waals surface area contributed by atoms with Gasteiger partial charge in [-0.2, -0.15) is 0 Å². The van der Waals surface area contributed by atoms with Crippen LogP contribution in [0.4, 0.5) is 11.4 Å². The Balaban J connectivity index is 2.65. The van der Waals surface area contributed by atoms with Crippen LogP contribution in [0.5, 0.6) is 0 Å². The second kappa shape index (κ2) is 5.69. The third-order valence-corrected chi connectivity index (χ3v) is 2.81. The van der Waals surface area contributed by atoms with Crippen LogP contribution in [0, 0.1) is 0 Å². The van der Waals surface area contributed by atoms with Gasteiger partial charge in [-0.1, -0.05) is 0 Å². The molecule has 1 rings (SSSR count). The van der Waals surface area contributed by atoms with Gasteiger partial charge >= 0.3 is 5.97 Å². The lowest BCUT2D eigenvalue weighted by Gasteiger charge is -2.10. The average Bonchev–Trinajstić information content (AvgIpc) is 2.24. The first-order valence-electron chi connectivity index (χ1n) is 5.11. The van der Waals surface area contributed by atoms with Gasteiger partial charge in [0.25, 0.3) is 0 Å². The summed E-state index contributed by atoms with van der Waals surface area (Å²) in [5, 5.41) is 11.8. The fourth-order valence-corrected chi connectivity index (χ4v) is 1.80. The van der Waals surface area contributed by atoms with Crippen LogP contribution in [0.25, 0.3) is 0 Å². The van der Waals surface area contributed by atoms with Gasteiger partial charge in [-0.05, 0) is 18.2 Å². The number of sulfonamides is 1. The minimum atomic E-state index is -3.24. The molecule has 100 valence electrons. The lowest BCUT2D eigenvalue weighted by molar-refractivity contribution is 0.0698. The maximum atomic E-state index is 11.0. The van der Waals surface area contributed by atoms with Crippen molar-refractivity contribution in [3.8, 4) is 0 Å². The number of nitrogens with one attached hydrogen (secondary N) is 2. The van der Waals surface area contributed by atoms with Crippen molar-refractivity contribution in [2.75, 3.05) is 30.4 Å². The monoisotopic (exact) mass is 273 g/mol. The van der Waals surface area contributed by atoms with Crippen molar-refractivity contribution in [2.24, 2.45) is 0 Å². The van der Waals surface area contributed by atoms with Crippen LogP contribution in [-0.4, -0.2) is 38.8 Å². The highest BCUT2D eigenvalue weighted by Crippen LogP contribution is 2.18. The zero-order valence-electron chi connectivity index (χ0n) is 9.80. The van der Waals surface area contributed by atoms with E-state index < -0.39 is 16.0 Å². The molecule has 0 saturated heterocycles. The molecule has 18 heavy (non-hydrogen) atoms. The van der Waals surface area contributed by atoms with Crippen molar-refractivity contribution in [3.63, 3.8) is 0 Å². The highest BCUT2D eigenvalue weighted by Gasteiger charge is 2.10. The predicted molar refractivity (Wildman–Crippen MR) is 69.1 cm³/mol. The summed E-state index contributed by atoms with van der Waals surface area (Å²) in [6.07, 6.45) is 1.05. The molecule has 0 aliphatic carbocycles. The average molecular weight is 273 g/mol. The summed E-state index contributed by atoms with van der Waals surface area (Å²) >= 11 is 0. The van der Waals surface area contributed by atoms with Gasteiger partial charge in [0.2, 0.25) is 10.0 Å². The van der Waals surface area contributed by atoms with Crippen molar-refractivity contribution in [1.29, 1.82) is 0 Å². The van der Waals surface area contributed by atoms with Crippen molar-refractivity contribution in [3.05, 3.63) is 23.8 Å². The number of carbonyl (C=O) groups is 1. The van der Waals surface area contributed by atoms with Crippen molar-refractivity contribution in [2.45, 2.75) is 0 Å². The normalized spacial score (nSPS) is 11.2. The second-order valence-electron chi connectivity index (χ2n) is 3.70. The molecule has 0 radical (unpaired) electrons. The number of nitrogen functional groups attached to an aromatic ring is 1. The Morgan fingerprint density at radius 1 is 1.39 bits per heavy atom. The van der Waals surface area contributed by atoms with E-state index in [1.54, 1.807) is 12.1 Å². The van der Waals surface area contributed by atoms with Crippen LogP contribution in [0.2, 0.25) is 0 Å². The third kappa shape index (κ3) is 4.60. The van der Waals surface area contributed by atoms with E-state index in [1.807, 2.05) is 0 Å². The quantitative estimate of drug-likeness (QED) is 0.425. The van der Waals surface area contributed by atoms with Crippen molar-refractivity contribution in [1.82, 2.24) is 4.72 Å². The molecular weight excluding hydrogens is 258 g/mol. The summed E-state index contributed by atoms with van der Waals surface area (Å²) in [6.45, 7) is 0.444. The molecule has 0 unspecified atom stereocenters. The number of benzene rings is 1. The molecule has 0 fully saturated rings. The first-order chi connectivity index (χ1) is 8.29. The van der Waals surface area contributed by atoms with Crippen LogP contribution in [0.1, 0.15) is 10.4 Å². The van der Waals surface area contributed by atoms with Gasteiger partial charge in [0, 0.05) is 24.5 Å². The number of hydrogen-bond donors (Lipinski definition) is 4. The summed E-state index contributed by atoms with van der Waals surface area (Å²) < 4.78 is 23.9. The number of anilines is 2. The maximum Gasteiger partial charge on any atom is 0.337 e. The van der Waals surface area contributed by atoms with Crippen molar-refractivity contribution < 1.29 is 18.3 Å². The van der Waals surface area contributed by atoms with E-state index in [0.29, 0.717) is 11.4 Å². The number of hydrogen-bond acceptors (Lipinski definition) is 5. The van der Waals surface area contributed by atoms with Gasteiger partial charge in [-0.25, -0.2) is 17.9 Å². The van der Waals surface area contributed by atoms with E-state index in [9.17, 15) is 13.2 Å². The molecule has 8 heteroatoms. The first kappa shape index (κ1) is 14.3.